The third-order valence-electron chi connectivity index (χ3n) is 9.86. The summed E-state index contributed by atoms with van der Waals surface area (Å²) in [7, 11) is 8.24. The van der Waals surface area contributed by atoms with E-state index in [0.29, 0.717) is 0 Å². The van der Waals surface area contributed by atoms with Gasteiger partial charge in [-0.3, -0.25) is 9.59 Å². The van der Waals surface area contributed by atoms with Gasteiger partial charge in [0.05, 0.1) is 6.42 Å². The molecule has 4 aliphatic carbocycles. The van der Waals surface area contributed by atoms with Gasteiger partial charge >= 0.3 is 5.97 Å². The topological polar surface area (TPSA) is 53.1 Å². The van der Waals surface area contributed by atoms with E-state index in [1.165, 1.54) is 44.9 Å². The van der Waals surface area contributed by atoms with E-state index in [-0.39, 0.29) is 30.8 Å². The maximum Gasteiger partial charge on any atom is 0.306 e. The molecule has 0 aliphatic heterocycles. The van der Waals surface area contributed by atoms with Gasteiger partial charge in [0, 0.05) is 25.9 Å². The maximum atomic E-state index is 13.0. The summed E-state index contributed by atoms with van der Waals surface area (Å²) in [6, 6.07) is 0. The molecular weight excluding hydrogens is 462 g/mol. The fourth-order valence-corrected chi connectivity index (χ4v) is 8.08. The van der Waals surface area contributed by atoms with Crippen LogP contribution in [0.4, 0.5) is 0 Å². The number of carbonyl (C=O) groups excluding carboxylic acids is 2. The Morgan fingerprint density at radius 1 is 0.811 bits per heavy atom. The number of rotatable bonds is 12. The maximum absolute atomic E-state index is 13.0. The number of nitrogens with zero attached hydrogens (tertiary/aromatic N) is 3. The monoisotopic (exact) mass is 515 g/mol. The van der Waals surface area contributed by atoms with Gasteiger partial charge in [-0.2, -0.15) is 0 Å². The van der Waals surface area contributed by atoms with Gasteiger partial charge in [-0.1, -0.05) is 24.5 Å². The molecule has 3 fully saturated rings. The van der Waals surface area contributed by atoms with Crippen molar-refractivity contribution in [2.24, 2.45) is 29.6 Å². The van der Waals surface area contributed by atoms with Crippen molar-refractivity contribution in [2.45, 2.75) is 89.6 Å². The van der Waals surface area contributed by atoms with E-state index < -0.39 is 0 Å². The summed E-state index contributed by atoms with van der Waals surface area (Å²) < 4.78 is 5.94. The van der Waals surface area contributed by atoms with Crippen molar-refractivity contribution in [3.05, 3.63) is 11.6 Å². The SMILES string of the molecule is CN(C)CCCN(CCCN(C)C)C(=O)CCC(=O)OC1CCC2C(=CCC3C4CCCC4CCC23)C1. The molecule has 0 aromatic carbocycles. The van der Waals surface area contributed by atoms with Gasteiger partial charge in [0.15, 0.2) is 0 Å². The Kier molecular flexibility index (Phi) is 10.5. The second-order valence-corrected chi connectivity index (χ2v) is 13.0. The zero-order valence-corrected chi connectivity index (χ0v) is 24.1. The first-order valence-electron chi connectivity index (χ1n) is 15.3. The molecule has 37 heavy (non-hydrogen) atoms. The van der Waals surface area contributed by atoms with Crippen molar-refractivity contribution >= 4 is 11.9 Å². The van der Waals surface area contributed by atoms with Crippen LogP contribution in [-0.4, -0.2) is 87.0 Å². The first-order chi connectivity index (χ1) is 17.8. The number of amides is 1. The molecule has 0 bridgehead atoms. The van der Waals surface area contributed by atoms with Crippen LogP contribution >= 0.6 is 0 Å². The third kappa shape index (κ3) is 7.81. The molecule has 0 N–H and O–H groups in total. The van der Waals surface area contributed by atoms with Gasteiger partial charge in [-0.25, -0.2) is 0 Å². The number of carbonyl (C=O) groups is 2. The second-order valence-electron chi connectivity index (χ2n) is 13.0. The van der Waals surface area contributed by atoms with Crippen LogP contribution in [0.2, 0.25) is 0 Å². The number of fused-ring (bicyclic) bond motifs is 5. The van der Waals surface area contributed by atoms with Crippen molar-refractivity contribution in [3.8, 4) is 0 Å². The van der Waals surface area contributed by atoms with Crippen molar-refractivity contribution in [1.29, 1.82) is 0 Å². The molecule has 0 spiro atoms. The smallest absolute Gasteiger partial charge is 0.306 e. The first-order valence-corrected chi connectivity index (χ1v) is 15.3. The Hall–Kier alpha value is -1.40. The van der Waals surface area contributed by atoms with Gasteiger partial charge in [-0.05, 0) is 122 Å². The van der Waals surface area contributed by atoms with E-state index in [1.54, 1.807) is 5.57 Å². The summed E-state index contributed by atoms with van der Waals surface area (Å²) in [6.45, 7) is 3.42. The Balaban J connectivity index is 1.22. The van der Waals surface area contributed by atoms with Crippen molar-refractivity contribution < 1.29 is 14.3 Å². The molecule has 0 radical (unpaired) electrons. The lowest BCUT2D eigenvalue weighted by molar-refractivity contribution is -0.152. The third-order valence-corrected chi connectivity index (χ3v) is 9.86. The molecule has 6 unspecified atom stereocenters. The first kappa shape index (κ1) is 28.6. The molecule has 4 rings (SSSR count). The normalized spacial score (nSPS) is 30.9. The second kappa shape index (κ2) is 13.6. The Labute approximate surface area is 226 Å². The molecule has 0 saturated heterocycles. The molecule has 3 saturated carbocycles. The van der Waals surface area contributed by atoms with Crippen LogP contribution in [0.15, 0.2) is 11.6 Å². The molecular formula is C31H53N3O3. The van der Waals surface area contributed by atoms with Crippen molar-refractivity contribution in [3.63, 3.8) is 0 Å². The van der Waals surface area contributed by atoms with Gasteiger partial charge in [0.2, 0.25) is 5.91 Å². The lowest BCUT2D eigenvalue weighted by Gasteiger charge is -2.49. The fourth-order valence-electron chi connectivity index (χ4n) is 8.08. The average molecular weight is 516 g/mol. The number of hydrogen-bond donors (Lipinski definition) is 0. The molecule has 210 valence electrons. The Morgan fingerprint density at radius 3 is 2.24 bits per heavy atom. The minimum atomic E-state index is -0.195. The van der Waals surface area contributed by atoms with Gasteiger partial charge in [0.1, 0.15) is 6.10 Å². The number of hydrogen-bond acceptors (Lipinski definition) is 5. The van der Waals surface area contributed by atoms with Gasteiger partial charge in [-0.15, -0.1) is 0 Å². The van der Waals surface area contributed by atoms with Gasteiger partial charge in [0.25, 0.3) is 0 Å². The van der Waals surface area contributed by atoms with E-state index >= 15 is 0 Å². The highest BCUT2D eigenvalue weighted by Gasteiger charge is 2.47. The molecule has 1 amide bonds. The molecule has 4 aliphatic rings. The Bertz CT molecular complexity index is 781. The predicted molar refractivity (Wildman–Crippen MR) is 149 cm³/mol. The average Bonchev–Trinajstić information content (AvgIpc) is 3.35. The fraction of sp³-hybridized carbons (Fsp3) is 0.871. The molecule has 6 heteroatoms. The van der Waals surface area contributed by atoms with Crippen LogP contribution in [0.5, 0.6) is 0 Å². The Morgan fingerprint density at radius 2 is 1.54 bits per heavy atom. The summed E-state index contributed by atoms with van der Waals surface area (Å²) in [5, 5.41) is 0. The van der Waals surface area contributed by atoms with Crippen molar-refractivity contribution in [2.75, 3.05) is 54.4 Å². The van der Waals surface area contributed by atoms with Crippen LogP contribution in [0.3, 0.4) is 0 Å². The van der Waals surface area contributed by atoms with E-state index in [2.05, 4.69) is 44.1 Å². The van der Waals surface area contributed by atoms with Crippen LogP contribution in [0.1, 0.15) is 83.5 Å². The number of allylic oxidation sites excluding steroid dienone is 1. The van der Waals surface area contributed by atoms with Crippen LogP contribution in [-0.2, 0) is 14.3 Å². The highest BCUT2D eigenvalue weighted by atomic mass is 16.5. The van der Waals surface area contributed by atoms with Gasteiger partial charge < -0.3 is 19.4 Å². The molecule has 0 aromatic heterocycles. The van der Waals surface area contributed by atoms with E-state index in [4.69, 9.17) is 4.74 Å². The van der Waals surface area contributed by atoms with E-state index in [1.807, 2.05) is 4.90 Å². The molecule has 0 heterocycles. The van der Waals surface area contributed by atoms with E-state index in [0.717, 1.165) is 81.5 Å². The lowest BCUT2D eigenvalue weighted by Crippen LogP contribution is -2.41. The van der Waals surface area contributed by atoms with Crippen LogP contribution in [0.25, 0.3) is 0 Å². The summed E-state index contributed by atoms with van der Waals surface area (Å²) in [5.41, 5.74) is 1.57. The minimum absolute atomic E-state index is 0.000701. The lowest BCUT2D eigenvalue weighted by atomic mass is 9.57. The van der Waals surface area contributed by atoms with Crippen LogP contribution in [0, 0.1) is 29.6 Å². The minimum Gasteiger partial charge on any atom is -0.462 e. The largest absolute Gasteiger partial charge is 0.462 e. The zero-order valence-electron chi connectivity index (χ0n) is 24.1. The zero-order chi connectivity index (χ0) is 26.4. The highest BCUT2D eigenvalue weighted by molar-refractivity contribution is 5.81. The van der Waals surface area contributed by atoms with Crippen LogP contribution < -0.4 is 0 Å². The number of esters is 1. The predicted octanol–water partition coefficient (Wildman–Crippen LogP) is 4.98. The molecule has 6 nitrogen and oxygen atoms in total. The summed E-state index contributed by atoms with van der Waals surface area (Å²) >= 11 is 0. The van der Waals surface area contributed by atoms with E-state index in [9.17, 15) is 9.59 Å². The number of ether oxygens (including phenoxy) is 1. The molecule has 6 atom stereocenters. The van der Waals surface area contributed by atoms with Crippen molar-refractivity contribution in [1.82, 2.24) is 14.7 Å². The summed E-state index contributed by atoms with van der Waals surface area (Å²) in [4.78, 5) is 32.0. The quantitative estimate of drug-likeness (QED) is 0.271. The molecule has 0 aromatic rings. The standard InChI is InChI=1S/C31H53N3O3/c1-32(2)18-6-20-34(21-7-19-33(3)4)30(35)16-17-31(36)37-25-12-15-27-24(22-25)11-14-28-26-9-5-8-23(26)10-13-29(27)28/h11,23,25-29H,5-10,12-22H2,1-4H3. The highest BCUT2D eigenvalue weighted by Crippen LogP contribution is 2.56. The summed E-state index contributed by atoms with van der Waals surface area (Å²) in [6.07, 6.45) is 16.5. The summed E-state index contributed by atoms with van der Waals surface area (Å²) in [5.74, 6) is 4.40.